The van der Waals surface area contributed by atoms with E-state index in [1.54, 1.807) is 6.33 Å². The van der Waals surface area contributed by atoms with Gasteiger partial charge in [-0.25, -0.2) is 4.98 Å². The van der Waals surface area contributed by atoms with E-state index in [1.807, 2.05) is 6.20 Å². The summed E-state index contributed by atoms with van der Waals surface area (Å²) in [6.07, 6.45) is 9.42. The van der Waals surface area contributed by atoms with Gasteiger partial charge in [-0.1, -0.05) is 18.2 Å². The lowest BCUT2D eigenvalue weighted by Crippen LogP contribution is -2.72. The van der Waals surface area contributed by atoms with Crippen molar-refractivity contribution in [2.75, 3.05) is 0 Å². The Balaban J connectivity index is 1.56. The Bertz CT molecular complexity index is 856. The van der Waals surface area contributed by atoms with Crippen LogP contribution < -0.4 is 5.73 Å². The van der Waals surface area contributed by atoms with Crippen LogP contribution in [0.3, 0.4) is 0 Å². The second kappa shape index (κ2) is 5.21. The monoisotopic (exact) mass is 349 g/mol. The maximum Gasteiger partial charge on any atom is 0.224 e. The molecule has 1 heterocycles. The summed E-state index contributed by atoms with van der Waals surface area (Å²) in [6, 6.07) is 6.55. The average Bonchev–Trinajstić information content (AvgIpc) is 3.13. The molecule has 3 atom stereocenters. The molecule has 0 spiro atoms. The largest absolute Gasteiger partial charge is 0.369 e. The molecule has 5 rings (SSSR count). The molecule has 0 saturated heterocycles. The number of carbonyl (C=O) groups excluding carboxylic acids is 1. The molecule has 0 bridgehead atoms. The molecule has 1 amide bonds. The minimum Gasteiger partial charge on any atom is -0.369 e. The number of nitrogens with zero attached hydrogens (tertiary/aromatic N) is 1. The van der Waals surface area contributed by atoms with Gasteiger partial charge in [-0.3, -0.25) is 4.79 Å². The maximum absolute atomic E-state index is 12.6. The van der Waals surface area contributed by atoms with Crippen molar-refractivity contribution in [1.29, 1.82) is 0 Å². The molecule has 0 aliphatic heterocycles. The number of rotatable bonds is 5. The molecule has 26 heavy (non-hydrogen) atoms. The fourth-order valence-corrected chi connectivity index (χ4v) is 7.07. The van der Waals surface area contributed by atoms with Gasteiger partial charge in [0.2, 0.25) is 5.91 Å². The number of carbonyl (C=O) groups is 1. The normalized spacial score (nSPS) is 35.3. The van der Waals surface area contributed by atoms with Crippen molar-refractivity contribution >= 4 is 5.91 Å². The highest BCUT2D eigenvalue weighted by Crippen LogP contribution is 2.83. The van der Waals surface area contributed by atoms with E-state index < -0.39 is 0 Å². The van der Waals surface area contributed by atoms with Gasteiger partial charge in [0.05, 0.1) is 11.7 Å². The lowest BCUT2D eigenvalue weighted by molar-refractivity contribution is -0.240. The maximum atomic E-state index is 12.6. The summed E-state index contributed by atoms with van der Waals surface area (Å²) < 4.78 is 0. The van der Waals surface area contributed by atoms with Gasteiger partial charge in [0.1, 0.15) is 0 Å². The quantitative estimate of drug-likeness (QED) is 0.861. The van der Waals surface area contributed by atoms with Crippen molar-refractivity contribution in [3.8, 4) is 0 Å². The fraction of sp³-hybridized carbons (Fsp3) is 0.545. The van der Waals surface area contributed by atoms with Gasteiger partial charge in [-0.05, 0) is 79.9 Å². The number of benzene rings is 1. The first kappa shape index (κ1) is 16.1. The van der Waals surface area contributed by atoms with Crippen molar-refractivity contribution in [2.24, 2.45) is 28.4 Å². The minimum absolute atomic E-state index is 0.0353. The van der Waals surface area contributed by atoms with Crippen molar-refractivity contribution in [1.82, 2.24) is 9.97 Å². The van der Waals surface area contributed by atoms with Crippen LogP contribution in [-0.2, 0) is 4.79 Å². The SMILES string of the molecule is Cc1cccc(C(CC23CC4CCC(C2)C43C(N)=O)c2cnc[nH]2)c1C. The summed E-state index contributed by atoms with van der Waals surface area (Å²) >= 11 is 0. The smallest absolute Gasteiger partial charge is 0.224 e. The van der Waals surface area contributed by atoms with Gasteiger partial charge >= 0.3 is 0 Å². The molecule has 3 fully saturated rings. The Morgan fingerprint density at radius 1 is 1.31 bits per heavy atom. The van der Waals surface area contributed by atoms with Gasteiger partial charge < -0.3 is 10.7 Å². The topological polar surface area (TPSA) is 71.8 Å². The highest BCUT2D eigenvalue weighted by Gasteiger charge is 2.80. The second-order valence-corrected chi connectivity index (χ2v) is 8.95. The van der Waals surface area contributed by atoms with Crippen LogP contribution in [0.5, 0.6) is 0 Å². The standard InChI is InChI=1S/C22H27N3O/c1-13-4-3-5-17(14(13)2)18(19-11-24-12-25-19)10-21-8-15-6-7-16(9-21)22(15,21)20(23)26/h3-5,11-12,15-16,18H,6-10H2,1-2H3,(H2,23,26)(H,24,25). The molecular weight excluding hydrogens is 322 g/mol. The third kappa shape index (κ3) is 1.75. The van der Waals surface area contributed by atoms with Gasteiger partial charge in [0, 0.05) is 17.8 Å². The average molecular weight is 349 g/mol. The molecule has 4 heteroatoms. The molecule has 3 unspecified atom stereocenters. The van der Waals surface area contributed by atoms with E-state index in [-0.39, 0.29) is 22.7 Å². The highest BCUT2D eigenvalue weighted by molar-refractivity contribution is 5.86. The minimum atomic E-state index is -0.219. The Hall–Kier alpha value is -2.10. The van der Waals surface area contributed by atoms with Gasteiger partial charge in [-0.2, -0.15) is 0 Å². The summed E-state index contributed by atoms with van der Waals surface area (Å²) in [6.45, 7) is 4.38. The van der Waals surface area contributed by atoms with E-state index in [2.05, 4.69) is 42.0 Å². The van der Waals surface area contributed by atoms with Crippen LogP contribution in [0.1, 0.15) is 60.4 Å². The predicted molar refractivity (Wildman–Crippen MR) is 100 cm³/mol. The van der Waals surface area contributed by atoms with Gasteiger partial charge in [0.15, 0.2) is 0 Å². The molecule has 1 aromatic carbocycles. The summed E-state index contributed by atoms with van der Waals surface area (Å²) in [5.74, 6) is 1.27. The zero-order valence-corrected chi connectivity index (χ0v) is 15.6. The van der Waals surface area contributed by atoms with Crippen LogP contribution in [0, 0.1) is 36.5 Å². The number of aryl methyl sites for hydroxylation is 1. The van der Waals surface area contributed by atoms with E-state index in [1.165, 1.54) is 42.4 Å². The van der Waals surface area contributed by atoms with Crippen LogP contribution >= 0.6 is 0 Å². The van der Waals surface area contributed by atoms with Crippen molar-refractivity contribution < 1.29 is 4.79 Å². The Labute approximate surface area is 154 Å². The molecule has 3 aliphatic carbocycles. The van der Waals surface area contributed by atoms with Crippen LogP contribution in [0.2, 0.25) is 0 Å². The first-order valence-corrected chi connectivity index (χ1v) is 9.84. The summed E-state index contributed by atoms with van der Waals surface area (Å²) in [5.41, 5.74) is 11.0. The van der Waals surface area contributed by atoms with E-state index >= 15 is 0 Å². The molecule has 1 aromatic heterocycles. The first-order chi connectivity index (χ1) is 12.5. The lowest BCUT2D eigenvalue weighted by atomic mass is 9.30. The van der Waals surface area contributed by atoms with E-state index in [0.717, 1.165) is 12.1 Å². The number of H-pyrrole nitrogens is 1. The number of hydrogen-bond acceptors (Lipinski definition) is 2. The number of aromatic amines is 1. The molecule has 3 saturated carbocycles. The first-order valence-electron chi connectivity index (χ1n) is 9.84. The molecule has 136 valence electrons. The number of imidazole rings is 1. The van der Waals surface area contributed by atoms with Crippen molar-refractivity contribution in [3.05, 3.63) is 53.1 Å². The number of aromatic nitrogens is 2. The number of nitrogens with one attached hydrogen (secondary N) is 1. The van der Waals surface area contributed by atoms with Crippen molar-refractivity contribution in [3.63, 3.8) is 0 Å². The van der Waals surface area contributed by atoms with Gasteiger partial charge in [-0.15, -0.1) is 0 Å². The molecule has 3 N–H and O–H groups in total. The van der Waals surface area contributed by atoms with E-state index in [9.17, 15) is 4.79 Å². The van der Waals surface area contributed by atoms with E-state index in [4.69, 9.17) is 5.73 Å². The van der Waals surface area contributed by atoms with Crippen LogP contribution in [-0.4, -0.2) is 15.9 Å². The third-order valence-electron chi connectivity index (χ3n) is 8.22. The third-order valence-corrected chi connectivity index (χ3v) is 8.22. The summed E-state index contributed by atoms with van der Waals surface area (Å²) in [7, 11) is 0. The predicted octanol–water partition coefficient (Wildman–Crippen LogP) is 3.84. The Morgan fingerprint density at radius 3 is 2.65 bits per heavy atom. The van der Waals surface area contributed by atoms with Crippen LogP contribution in [0.15, 0.2) is 30.7 Å². The highest BCUT2D eigenvalue weighted by atomic mass is 16.1. The van der Waals surface area contributed by atoms with Crippen LogP contribution in [0.25, 0.3) is 0 Å². The second-order valence-electron chi connectivity index (χ2n) is 8.95. The lowest BCUT2D eigenvalue weighted by Gasteiger charge is -2.72. The van der Waals surface area contributed by atoms with Crippen molar-refractivity contribution in [2.45, 2.75) is 51.9 Å². The van der Waals surface area contributed by atoms with Gasteiger partial charge in [0.25, 0.3) is 0 Å². The molecule has 3 aliphatic rings. The number of primary amides is 1. The zero-order chi connectivity index (χ0) is 18.1. The summed E-state index contributed by atoms with van der Waals surface area (Å²) in [5, 5.41) is 0. The van der Waals surface area contributed by atoms with E-state index in [0.29, 0.717) is 11.8 Å². The zero-order valence-electron chi connectivity index (χ0n) is 15.6. The fourth-order valence-electron chi connectivity index (χ4n) is 7.07. The number of amides is 1. The van der Waals surface area contributed by atoms with Crippen LogP contribution in [0.4, 0.5) is 0 Å². The number of nitrogens with two attached hydrogens (primary N) is 1. The number of hydrogen-bond donors (Lipinski definition) is 2. The molecular formula is C22H27N3O. The Morgan fingerprint density at radius 2 is 2.04 bits per heavy atom. The molecule has 0 radical (unpaired) electrons. The Kier molecular flexibility index (Phi) is 3.23. The summed E-state index contributed by atoms with van der Waals surface area (Å²) in [4.78, 5) is 20.2. The molecule has 4 nitrogen and oxygen atoms in total. The molecule has 2 aromatic rings.